The summed E-state index contributed by atoms with van der Waals surface area (Å²) in [5.74, 6) is 2.01. The molecule has 3 N–H and O–H groups in total. The topological polar surface area (TPSA) is 67.6 Å². The first kappa shape index (κ1) is 12.7. The van der Waals surface area contributed by atoms with Gasteiger partial charge in [0.15, 0.2) is 0 Å². The number of fused-ring (bicyclic) bond motifs is 1. The van der Waals surface area contributed by atoms with E-state index in [1.54, 1.807) is 11.8 Å². The Balaban J connectivity index is 1.72. The van der Waals surface area contributed by atoms with Crippen molar-refractivity contribution >= 4 is 28.5 Å². The van der Waals surface area contributed by atoms with E-state index in [0.717, 1.165) is 27.0 Å². The summed E-state index contributed by atoms with van der Waals surface area (Å²) in [6.45, 7) is 1.98. The molecule has 1 fully saturated rings. The average molecular weight is 296 g/mol. The Bertz CT molecular complexity index is 787. The molecule has 1 aromatic carbocycles. The van der Waals surface area contributed by atoms with Gasteiger partial charge in [0.25, 0.3) is 0 Å². The molecule has 1 saturated carbocycles. The van der Waals surface area contributed by atoms with Crippen molar-refractivity contribution in [2.75, 3.05) is 5.73 Å². The molecule has 0 bridgehead atoms. The van der Waals surface area contributed by atoms with Gasteiger partial charge in [-0.05, 0) is 31.9 Å². The number of aromatic nitrogens is 3. The van der Waals surface area contributed by atoms with E-state index >= 15 is 0 Å². The second-order valence-electron chi connectivity index (χ2n) is 5.49. The zero-order valence-electron chi connectivity index (χ0n) is 11.8. The second kappa shape index (κ2) is 4.77. The number of benzene rings is 1. The molecule has 0 saturated heterocycles. The third-order valence-electron chi connectivity index (χ3n) is 3.81. The van der Waals surface area contributed by atoms with Crippen molar-refractivity contribution in [1.29, 1.82) is 0 Å². The van der Waals surface area contributed by atoms with E-state index in [4.69, 9.17) is 10.7 Å². The first-order valence-corrected chi connectivity index (χ1v) is 7.92. The van der Waals surface area contributed by atoms with Crippen molar-refractivity contribution in [3.8, 4) is 0 Å². The number of rotatable bonds is 3. The summed E-state index contributed by atoms with van der Waals surface area (Å²) in [6, 6.07) is 10.4. The molecule has 4 nitrogen and oxygen atoms in total. The molecule has 0 radical (unpaired) electrons. The SMILES string of the molecule is Cc1c(N)nc(C2CC2)nc1Sc1cc2ccccc2[nH]1. The number of hydrogen-bond acceptors (Lipinski definition) is 4. The summed E-state index contributed by atoms with van der Waals surface area (Å²) in [4.78, 5) is 12.6. The highest BCUT2D eigenvalue weighted by Crippen LogP contribution is 2.40. The van der Waals surface area contributed by atoms with E-state index in [0.29, 0.717) is 11.7 Å². The quantitative estimate of drug-likeness (QED) is 0.720. The molecule has 0 atom stereocenters. The Hall–Kier alpha value is -2.01. The van der Waals surface area contributed by atoms with E-state index in [1.165, 1.54) is 18.2 Å². The molecule has 1 aliphatic rings. The number of hydrogen-bond donors (Lipinski definition) is 2. The number of nitrogens with one attached hydrogen (secondary N) is 1. The van der Waals surface area contributed by atoms with Gasteiger partial charge in [-0.25, -0.2) is 9.97 Å². The van der Waals surface area contributed by atoms with Gasteiger partial charge >= 0.3 is 0 Å². The summed E-state index contributed by atoms with van der Waals surface area (Å²) in [5, 5.41) is 3.25. The van der Waals surface area contributed by atoms with Crippen LogP contribution >= 0.6 is 11.8 Å². The Labute approximate surface area is 127 Å². The highest BCUT2D eigenvalue weighted by molar-refractivity contribution is 7.99. The third kappa shape index (κ3) is 2.38. The zero-order chi connectivity index (χ0) is 14.4. The lowest BCUT2D eigenvalue weighted by molar-refractivity contribution is 0.867. The first-order chi connectivity index (χ1) is 10.2. The number of nitrogens with zero attached hydrogens (tertiary/aromatic N) is 2. The molecular formula is C16H16N4S. The summed E-state index contributed by atoms with van der Waals surface area (Å²) in [7, 11) is 0. The third-order valence-corrected chi connectivity index (χ3v) is 4.84. The fraction of sp³-hybridized carbons (Fsp3) is 0.250. The minimum Gasteiger partial charge on any atom is -0.383 e. The number of para-hydroxylation sites is 1. The van der Waals surface area contributed by atoms with E-state index in [9.17, 15) is 0 Å². The highest BCUT2D eigenvalue weighted by Gasteiger charge is 2.28. The lowest BCUT2D eigenvalue weighted by Crippen LogP contribution is -2.03. The van der Waals surface area contributed by atoms with Crippen LogP contribution in [-0.4, -0.2) is 15.0 Å². The van der Waals surface area contributed by atoms with Gasteiger partial charge in [0.05, 0.1) is 5.03 Å². The maximum Gasteiger partial charge on any atom is 0.135 e. The van der Waals surface area contributed by atoms with E-state index in [2.05, 4.69) is 28.2 Å². The molecule has 1 aliphatic carbocycles. The standard InChI is InChI=1S/C16H16N4S/c1-9-14(17)19-15(10-6-7-10)20-16(9)21-13-8-11-4-2-3-5-12(11)18-13/h2-5,8,10,18H,6-7H2,1H3,(H2,17,19,20). The summed E-state index contributed by atoms with van der Waals surface area (Å²) < 4.78 is 0. The van der Waals surface area contributed by atoms with Crippen molar-refractivity contribution in [1.82, 2.24) is 15.0 Å². The second-order valence-corrected chi connectivity index (χ2v) is 6.53. The van der Waals surface area contributed by atoms with E-state index in [1.807, 2.05) is 19.1 Å². The van der Waals surface area contributed by atoms with Gasteiger partial charge in [-0.15, -0.1) is 0 Å². The van der Waals surface area contributed by atoms with Crippen LogP contribution in [0.1, 0.15) is 30.1 Å². The van der Waals surface area contributed by atoms with Crippen molar-refractivity contribution in [2.45, 2.75) is 35.7 Å². The highest BCUT2D eigenvalue weighted by atomic mass is 32.2. The Morgan fingerprint density at radius 3 is 2.81 bits per heavy atom. The summed E-state index contributed by atoms with van der Waals surface area (Å²) >= 11 is 1.63. The normalized spacial score (nSPS) is 14.7. The Kier molecular flexibility index (Phi) is 2.89. The van der Waals surface area contributed by atoms with Gasteiger partial charge in [0.1, 0.15) is 16.7 Å². The van der Waals surface area contributed by atoms with Crippen LogP contribution in [-0.2, 0) is 0 Å². The lowest BCUT2D eigenvalue weighted by atomic mass is 10.3. The molecule has 0 unspecified atom stereocenters. The molecular weight excluding hydrogens is 280 g/mol. The van der Waals surface area contributed by atoms with Crippen LogP contribution < -0.4 is 5.73 Å². The molecule has 4 rings (SSSR count). The fourth-order valence-corrected chi connectivity index (χ4v) is 3.31. The fourth-order valence-electron chi connectivity index (χ4n) is 2.36. The molecule has 5 heteroatoms. The monoisotopic (exact) mass is 296 g/mol. The van der Waals surface area contributed by atoms with Crippen LogP contribution in [0.4, 0.5) is 5.82 Å². The maximum atomic E-state index is 6.04. The van der Waals surface area contributed by atoms with Crippen LogP contribution in [0.25, 0.3) is 10.9 Å². The maximum absolute atomic E-state index is 6.04. The average Bonchev–Trinajstić information content (AvgIpc) is 3.24. The van der Waals surface area contributed by atoms with Gasteiger partial charge in [-0.3, -0.25) is 0 Å². The van der Waals surface area contributed by atoms with Gasteiger partial charge in [0, 0.05) is 22.4 Å². The van der Waals surface area contributed by atoms with E-state index in [-0.39, 0.29) is 0 Å². The van der Waals surface area contributed by atoms with Crippen LogP contribution in [0.15, 0.2) is 40.4 Å². The number of nitrogen functional groups attached to an aromatic ring is 1. The largest absolute Gasteiger partial charge is 0.383 e. The van der Waals surface area contributed by atoms with Crippen molar-refractivity contribution in [2.24, 2.45) is 0 Å². The molecule has 0 aliphatic heterocycles. The van der Waals surface area contributed by atoms with Crippen molar-refractivity contribution in [3.05, 3.63) is 41.7 Å². The molecule has 106 valence electrons. The van der Waals surface area contributed by atoms with Crippen LogP contribution in [0.2, 0.25) is 0 Å². The van der Waals surface area contributed by atoms with Gasteiger partial charge in [-0.2, -0.15) is 0 Å². The van der Waals surface area contributed by atoms with E-state index < -0.39 is 0 Å². The van der Waals surface area contributed by atoms with Crippen LogP contribution in [0.5, 0.6) is 0 Å². The van der Waals surface area contributed by atoms with Crippen molar-refractivity contribution < 1.29 is 0 Å². The number of anilines is 1. The minimum atomic E-state index is 0.509. The molecule has 2 heterocycles. The molecule has 0 amide bonds. The molecule has 0 spiro atoms. The summed E-state index contributed by atoms with van der Waals surface area (Å²) in [5.41, 5.74) is 8.14. The zero-order valence-corrected chi connectivity index (χ0v) is 12.6. The number of aromatic amines is 1. The minimum absolute atomic E-state index is 0.509. The lowest BCUT2D eigenvalue weighted by Gasteiger charge is -2.08. The van der Waals surface area contributed by atoms with Gasteiger partial charge in [-0.1, -0.05) is 30.0 Å². The first-order valence-electron chi connectivity index (χ1n) is 7.10. The van der Waals surface area contributed by atoms with Gasteiger partial charge in [0.2, 0.25) is 0 Å². The Morgan fingerprint density at radius 2 is 2.05 bits per heavy atom. The predicted molar refractivity (Wildman–Crippen MR) is 85.6 cm³/mol. The number of H-pyrrole nitrogens is 1. The van der Waals surface area contributed by atoms with Crippen LogP contribution in [0.3, 0.4) is 0 Å². The smallest absolute Gasteiger partial charge is 0.135 e. The van der Waals surface area contributed by atoms with Crippen LogP contribution in [0, 0.1) is 6.92 Å². The molecule has 2 aromatic heterocycles. The molecule has 3 aromatic rings. The number of nitrogens with two attached hydrogens (primary N) is 1. The summed E-state index contributed by atoms with van der Waals surface area (Å²) in [6.07, 6.45) is 2.36. The van der Waals surface area contributed by atoms with Gasteiger partial charge < -0.3 is 10.7 Å². The predicted octanol–water partition coefficient (Wildman–Crippen LogP) is 3.88. The molecule has 21 heavy (non-hydrogen) atoms. The Morgan fingerprint density at radius 1 is 1.24 bits per heavy atom. The van der Waals surface area contributed by atoms with Crippen molar-refractivity contribution in [3.63, 3.8) is 0 Å².